The highest BCUT2D eigenvalue weighted by Crippen LogP contribution is 2.37. The first-order chi connectivity index (χ1) is 15.1. The molecule has 0 radical (unpaired) electrons. The van der Waals surface area contributed by atoms with Crippen molar-refractivity contribution in [3.05, 3.63) is 89.9 Å². The van der Waals surface area contributed by atoms with Gasteiger partial charge in [0.05, 0.1) is 24.8 Å². The Hall–Kier alpha value is -3.80. The molecule has 1 aliphatic rings. The van der Waals surface area contributed by atoms with Crippen LogP contribution in [0.15, 0.2) is 78.8 Å². The van der Waals surface area contributed by atoms with Crippen molar-refractivity contribution in [3.8, 4) is 0 Å². The second-order valence-electron chi connectivity index (χ2n) is 7.01. The molecule has 2 aromatic carbocycles. The SMILES string of the molecule is CCOC(=O)/C=C(\C(=O)OCC)N1C=Cc2ccccc2C1n1ccc2ccccc21. The summed E-state index contributed by atoms with van der Waals surface area (Å²) in [6.45, 7) is 3.87. The molecule has 2 heterocycles. The van der Waals surface area contributed by atoms with E-state index in [0.29, 0.717) is 0 Å². The summed E-state index contributed by atoms with van der Waals surface area (Å²) in [4.78, 5) is 26.9. The molecule has 0 bridgehead atoms. The highest BCUT2D eigenvalue weighted by molar-refractivity contribution is 5.96. The Balaban J connectivity index is 1.89. The van der Waals surface area contributed by atoms with Gasteiger partial charge < -0.3 is 18.9 Å². The Kier molecular flexibility index (Phi) is 5.89. The summed E-state index contributed by atoms with van der Waals surface area (Å²) in [5, 5.41) is 1.08. The van der Waals surface area contributed by atoms with Crippen molar-refractivity contribution < 1.29 is 19.1 Å². The molecule has 4 rings (SSSR count). The molecular weight excluding hydrogens is 392 g/mol. The summed E-state index contributed by atoms with van der Waals surface area (Å²) < 4.78 is 12.4. The molecule has 0 saturated heterocycles. The summed E-state index contributed by atoms with van der Waals surface area (Å²) in [6, 6.07) is 18.1. The molecule has 158 valence electrons. The summed E-state index contributed by atoms with van der Waals surface area (Å²) in [5.74, 6) is -1.17. The van der Waals surface area contributed by atoms with Crippen LogP contribution in [-0.4, -0.2) is 34.6 Å². The van der Waals surface area contributed by atoms with Crippen molar-refractivity contribution in [1.82, 2.24) is 9.47 Å². The molecule has 0 spiro atoms. The van der Waals surface area contributed by atoms with Gasteiger partial charge >= 0.3 is 11.9 Å². The molecule has 3 aromatic rings. The number of rotatable bonds is 6. The minimum absolute atomic E-state index is 0.119. The van der Waals surface area contributed by atoms with Crippen LogP contribution in [0.3, 0.4) is 0 Å². The van der Waals surface area contributed by atoms with Crippen LogP contribution in [0.4, 0.5) is 0 Å². The molecule has 6 nitrogen and oxygen atoms in total. The number of fused-ring (bicyclic) bond motifs is 2. The third-order valence-electron chi connectivity index (χ3n) is 5.15. The van der Waals surface area contributed by atoms with E-state index in [-0.39, 0.29) is 25.1 Å². The molecule has 0 aliphatic carbocycles. The first-order valence-corrected chi connectivity index (χ1v) is 10.3. The average molecular weight is 416 g/mol. The Labute approximate surface area is 181 Å². The van der Waals surface area contributed by atoms with Gasteiger partial charge in [0, 0.05) is 18.0 Å². The van der Waals surface area contributed by atoms with E-state index in [1.54, 1.807) is 18.7 Å². The summed E-state index contributed by atoms with van der Waals surface area (Å²) in [5.41, 5.74) is 3.18. The molecule has 1 aromatic heterocycles. The standard InChI is InChI=1S/C25H24N2O4/c1-3-30-23(28)17-22(25(29)31-4-2)27-15-13-18-9-5-7-11-20(18)24(27)26-16-14-19-10-6-8-12-21(19)26/h5-17,24H,3-4H2,1-2H3/b22-17+. The van der Waals surface area contributed by atoms with Gasteiger partial charge in [-0.2, -0.15) is 0 Å². The van der Waals surface area contributed by atoms with Crippen LogP contribution in [0.1, 0.15) is 31.1 Å². The lowest BCUT2D eigenvalue weighted by atomic mass is 10.00. The van der Waals surface area contributed by atoms with E-state index in [2.05, 4.69) is 4.57 Å². The summed E-state index contributed by atoms with van der Waals surface area (Å²) in [6.07, 6.45) is 6.55. The molecule has 1 aliphatic heterocycles. The number of hydrogen-bond donors (Lipinski definition) is 0. The Bertz CT molecular complexity index is 1170. The average Bonchev–Trinajstić information content (AvgIpc) is 3.21. The fraction of sp³-hybridized carbons (Fsp3) is 0.200. The molecule has 1 unspecified atom stereocenters. The van der Waals surface area contributed by atoms with Gasteiger partial charge in [-0.25, -0.2) is 9.59 Å². The zero-order valence-electron chi connectivity index (χ0n) is 17.5. The number of carbonyl (C=O) groups excluding carboxylic acids is 2. The largest absolute Gasteiger partial charge is 0.463 e. The molecule has 0 fully saturated rings. The van der Waals surface area contributed by atoms with Crippen LogP contribution in [0.25, 0.3) is 17.0 Å². The smallest absolute Gasteiger partial charge is 0.355 e. The minimum Gasteiger partial charge on any atom is -0.463 e. The molecule has 0 saturated carbocycles. The van der Waals surface area contributed by atoms with E-state index in [1.807, 2.05) is 73.1 Å². The third kappa shape index (κ3) is 3.97. The van der Waals surface area contributed by atoms with E-state index >= 15 is 0 Å². The van der Waals surface area contributed by atoms with Gasteiger partial charge in [0.15, 0.2) is 0 Å². The van der Waals surface area contributed by atoms with Crippen molar-refractivity contribution in [3.63, 3.8) is 0 Å². The number of hydrogen-bond acceptors (Lipinski definition) is 5. The van der Waals surface area contributed by atoms with Gasteiger partial charge in [-0.3, -0.25) is 0 Å². The molecule has 0 N–H and O–H groups in total. The van der Waals surface area contributed by atoms with E-state index in [0.717, 1.165) is 22.0 Å². The lowest BCUT2D eigenvalue weighted by Gasteiger charge is -2.36. The van der Waals surface area contributed by atoms with Gasteiger partial charge in [0.2, 0.25) is 0 Å². The van der Waals surface area contributed by atoms with E-state index in [4.69, 9.17) is 9.47 Å². The Morgan fingerprint density at radius 1 is 0.968 bits per heavy atom. The van der Waals surface area contributed by atoms with Crippen molar-refractivity contribution in [1.29, 1.82) is 0 Å². The van der Waals surface area contributed by atoms with Gasteiger partial charge in [-0.1, -0.05) is 42.5 Å². The number of aromatic nitrogens is 1. The van der Waals surface area contributed by atoms with Crippen LogP contribution < -0.4 is 0 Å². The Morgan fingerprint density at radius 2 is 1.71 bits per heavy atom. The maximum atomic E-state index is 12.9. The lowest BCUT2D eigenvalue weighted by molar-refractivity contribution is -0.142. The van der Waals surface area contributed by atoms with Gasteiger partial charge in [-0.05, 0) is 43.0 Å². The lowest BCUT2D eigenvalue weighted by Crippen LogP contribution is -2.35. The summed E-state index contributed by atoms with van der Waals surface area (Å²) >= 11 is 0. The summed E-state index contributed by atoms with van der Waals surface area (Å²) in [7, 11) is 0. The van der Waals surface area contributed by atoms with Crippen molar-refractivity contribution >= 4 is 28.9 Å². The quantitative estimate of drug-likeness (QED) is 0.438. The predicted molar refractivity (Wildman–Crippen MR) is 119 cm³/mol. The second kappa shape index (κ2) is 8.92. The molecular formula is C25H24N2O4. The second-order valence-corrected chi connectivity index (χ2v) is 7.01. The fourth-order valence-corrected chi connectivity index (χ4v) is 3.84. The van der Waals surface area contributed by atoms with E-state index in [1.165, 1.54) is 6.08 Å². The zero-order valence-corrected chi connectivity index (χ0v) is 17.5. The maximum Gasteiger partial charge on any atom is 0.355 e. The van der Waals surface area contributed by atoms with Crippen LogP contribution in [-0.2, 0) is 19.1 Å². The van der Waals surface area contributed by atoms with Crippen molar-refractivity contribution in [2.75, 3.05) is 13.2 Å². The van der Waals surface area contributed by atoms with Crippen LogP contribution >= 0.6 is 0 Å². The van der Waals surface area contributed by atoms with Gasteiger partial charge in [-0.15, -0.1) is 0 Å². The number of nitrogens with zero attached hydrogens (tertiary/aromatic N) is 2. The number of carbonyl (C=O) groups is 2. The van der Waals surface area contributed by atoms with Crippen LogP contribution in [0, 0.1) is 0 Å². The van der Waals surface area contributed by atoms with Gasteiger partial charge in [0.1, 0.15) is 11.9 Å². The zero-order chi connectivity index (χ0) is 21.8. The molecule has 0 amide bonds. The molecule has 6 heteroatoms. The van der Waals surface area contributed by atoms with Crippen molar-refractivity contribution in [2.45, 2.75) is 20.0 Å². The maximum absolute atomic E-state index is 12.9. The highest BCUT2D eigenvalue weighted by atomic mass is 16.5. The van der Waals surface area contributed by atoms with E-state index < -0.39 is 11.9 Å². The van der Waals surface area contributed by atoms with E-state index in [9.17, 15) is 9.59 Å². The number of para-hydroxylation sites is 1. The first kappa shape index (κ1) is 20.5. The Morgan fingerprint density at radius 3 is 2.52 bits per heavy atom. The highest BCUT2D eigenvalue weighted by Gasteiger charge is 2.32. The van der Waals surface area contributed by atoms with Gasteiger partial charge in [0.25, 0.3) is 0 Å². The molecule has 1 atom stereocenters. The first-order valence-electron chi connectivity index (χ1n) is 10.3. The minimum atomic E-state index is -0.589. The molecule has 31 heavy (non-hydrogen) atoms. The normalized spacial score (nSPS) is 15.6. The fourth-order valence-electron chi connectivity index (χ4n) is 3.84. The topological polar surface area (TPSA) is 60.8 Å². The third-order valence-corrected chi connectivity index (χ3v) is 5.15. The monoisotopic (exact) mass is 416 g/mol. The number of ether oxygens (including phenoxy) is 2. The predicted octanol–water partition coefficient (Wildman–Crippen LogP) is 4.48. The van der Waals surface area contributed by atoms with Crippen LogP contribution in [0.2, 0.25) is 0 Å². The van der Waals surface area contributed by atoms with Crippen LogP contribution in [0.5, 0.6) is 0 Å². The number of benzene rings is 2. The number of esters is 2. The van der Waals surface area contributed by atoms with Crippen molar-refractivity contribution in [2.24, 2.45) is 0 Å².